The van der Waals surface area contributed by atoms with Crippen molar-refractivity contribution in [2.24, 2.45) is 5.10 Å². The van der Waals surface area contributed by atoms with Gasteiger partial charge >= 0.3 is 0 Å². The molecule has 2 aromatic carbocycles. The Morgan fingerprint density at radius 2 is 1.85 bits per heavy atom. The molecule has 3 rings (SSSR count). The Balaban J connectivity index is 1.77. The average molecular weight is 487 g/mol. The van der Waals surface area contributed by atoms with Gasteiger partial charge in [-0.05, 0) is 51.1 Å². The van der Waals surface area contributed by atoms with Crippen LogP contribution in [0.25, 0.3) is 5.69 Å². The number of carbonyl (C=O) groups excluding carboxylic acids is 1. The van der Waals surface area contributed by atoms with Gasteiger partial charge in [0.05, 0.1) is 30.5 Å². The van der Waals surface area contributed by atoms with Crippen molar-refractivity contribution in [1.29, 1.82) is 0 Å². The zero-order valence-corrected chi connectivity index (χ0v) is 20.3. The summed E-state index contributed by atoms with van der Waals surface area (Å²) < 4.78 is 47.3. The number of halogens is 1. The van der Waals surface area contributed by atoms with Crippen LogP contribution in [0.5, 0.6) is 5.75 Å². The first kappa shape index (κ1) is 25.0. The van der Waals surface area contributed by atoms with E-state index in [1.165, 1.54) is 12.3 Å². The fraction of sp³-hybridized carbons (Fsp3) is 0.250. The Bertz CT molecular complexity index is 1320. The summed E-state index contributed by atoms with van der Waals surface area (Å²) in [6.07, 6.45) is 2.46. The number of nitrogens with zero attached hydrogens (tertiary/aromatic N) is 3. The molecule has 8 nitrogen and oxygen atoms in total. The Morgan fingerprint density at radius 3 is 2.53 bits per heavy atom. The molecule has 0 fully saturated rings. The Morgan fingerprint density at radius 1 is 1.18 bits per heavy atom. The Labute approximate surface area is 198 Å². The topological polar surface area (TPSA) is 93.0 Å². The summed E-state index contributed by atoms with van der Waals surface area (Å²) in [6.45, 7) is 5.31. The van der Waals surface area contributed by atoms with E-state index in [1.54, 1.807) is 54.0 Å². The molecule has 0 aliphatic heterocycles. The summed E-state index contributed by atoms with van der Waals surface area (Å²) in [6, 6.07) is 14.9. The van der Waals surface area contributed by atoms with Gasteiger partial charge in [0.2, 0.25) is 10.0 Å². The molecule has 34 heavy (non-hydrogen) atoms. The molecule has 1 N–H and O–H groups in total. The zero-order chi connectivity index (χ0) is 24.9. The SMILES string of the molecule is CCOc1ccccc1N(CC(=O)N/N=C\c1cc(C)n(-c2ccccc2F)c1C)S(C)(=O)=O. The lowest BCUT2D eigenvalue weighted by Crippen LogP contribution is -2.39. The number of rotatable bonds is 9. The third-order valence-corrected chi connectivity index (χ3v) is 6.20. The molecule has 0 saturated carbocycles. The van der Waals surface area contributed by atoms with Crippen LogP contribution in [0.2, 0.25) is 0 Å². The number of amides is 1. The lowest BCUT2D eigenvalue weighted by atomic mass is 10.2. The maximum Gasteiger partial charge on any atom is 0.260 e. The first-order valence-electron chi connectivity index (χ1n) is 10.6. The summed E-state index contributed by atoms with van der Waals surface area (Å²) in [5.74, 6) is -0.627. The normalized spacial score (nSPS) is 11.6. The molecule has 3 aromatic rings. The number of sulfonamides is 1. The Hall–Kier alpha value is -3.66. The molecule has 1 heterocycles. The number of aromatic nitrogens is 1. The minimum Gasteiger partial charge on any atom is -0.492 e. The van der Waals surface area contributed by atoms with E-state index in [-0.39, 0.29) is 11.5 Å². The average Bonchev–Trinajstić information content (AvgIpc) is 3.05. The lowest BCUT2D eigenvalue weighted by molar-refractivity contribution is -0.119. The van der Waals surface area contributed by atoms with Gasteiger partial charge in [-0.2, -0.15) is 5.10 Å². The highest BCUT2D eigenvalue weighted by Gasteiger charge is 2.23. The van der Waals surface area contributed by atoms with Gasteiger partial charge in [-0.3, -0.25) is 9.10 Å². The van der Waals surface area contributed by atoms with Crippen LogP contribution < -0.4 is 14.5 Å². The van der Waals surface area contributed by atoms with E-state index in [0.717, 1.165) is 21.9 Å². The van der Waals surface area contributed by atoms with Crippen LogP contribution >= 0.6 is 0 Å². The number of aryl methyl sites for hydroxylation is 1. The van der Waals surface area contributed by atoms with E-state index in [1.807, 2.05) is 19.9 Å². The molecular formula is C24H27FN4O4S. The maximum atomic E-state index is 14.3. The minimum absolute atomic E-state index is 0.263. The number of ether oxygens (including phenoxy) is 1. The second-order valence-corrected chi connectivity index (χ2v) is 9.48. The summed E-state index contributed by atoms with van der Waals surface area (Å²) in [4.78, 5) is 12.5. The molecule has 0 aliphatic rings. The van der Waals surface area contributed by atoms with Crippen molar-refractivity contribution in [3.8, 4) is 11.4 Å². The van der Waals surface area contributed by atoms with Crippen molar-refractivity contribution < 1.29 is 22.3 Å². The molecule has 0 bridgehead atoms. The number of anilines is 1. The predicted octanol–water partition coefficient (Wildman–Crippen LogP) is 3.55. The van der Waals surface area contributed by atoms with E-state index in [4.69, 9.17) is 4.74 Å². The summed E-state index contributed by atoms with van der Waals surface area (Å²) in [5, 5.41) is 3.98. The molecule has 0 unspecified atom stereocenters. The maximum absolute atomic E-state index is 14.3. The lowest BCUT2D eigenvalue weighted by Gasteiger charge is -2.23. The molecule has 1 aromatic heterocycles. The molecule has 0 atom stereocenters. The molecular weight excluding hydrogens is 459 g/mol. The van der Waals surface area contributed by atoms with Gasteiger partial charge in [-0.1, -0.05) is 24.3 Å². The van der Waals surface area contributed by atoms with Crippen LogP contribution in [0.15, 0.2) is 59.7 Å². The van der Waals surface area contributed by atoms with Crippen molar-refractivity contribution in [2.45, 2.75) is 20.8 Å². The van der Waals surface area contributed by atoms with Gasteiger partial charge in [0.25, 0.3) is 5.91 Å². The predicted molar refractivity (Wildman–Crippen MR) is 131 cm³/mol. The molecule has 0 radical (unpaired) electrons. The fourth-order valence-electron chi connectivity index (χ4n) is 3.58. The standard InChI is InChI=1S/C24H27FN4O4S/c1-5-33-23-13-9-8-12-22(23)28(34(4,31)32)16-24(30)27-26-15-19-14-17(2)29(18(19)3)21-11-7-6-10-20(21)25/h6-15H,5,16H2,1-4H3,(H,27,30)/b26-15-. The number of hydrogen-bond donors (Lipinski definition) is 1. The molecule has 0 spiro atoms. The van der Waals surface area contributed by atoms with Crippen LogP contribution in [0.4, 0.5) is 10.1 Å². The van der Waals surface area contributed by atoms with E-state index in [9.17, 15) is 17.6 Å². The Kier molecular flexibility index (Phi) is 7.72. The van der Waals surface area contributed by atoms with Crippen LogP contribution in [0.1, 0.15) is 23.9 Å². The summed E-state index contributed by atoms with van der Waals surface area (Å²) in [5.41, 5.74) is 5.26. The summed E-state index contributed by atoms with van der Waals surface area (Å²) >= 11 is 0. The highest BCUT2D eigenvalue weighted by molar-refractivity contribution is 7.92. The third kappa shape index (κ3) is 5.63. The second kappa shape index (κ2) is 10.5. The van der Waals surface area contributed by atoms with Gasteiger partial charge in [0.15, 0.2) is 0 Å². The van der Waals surface area contributed by atoms with Crippen molar-refractivity contribution in [2.75, 3.05) is 23.7 Å². The fourth-order valence-corrected chi connectivity index (χ4v) is 4.44. The first-order chi connectivity index (χ1) is 16.1. The van der Waals surface area contributed by atoms with Crippen LogP contribution in [0, 0.1) is 19.7 Å². The number of nitrogens with one attached hydrogen (secondary N) is 1. The number of para-hydroxylation sites is 3. The number of benzene rings is 2. The van der Waals surface area contributed by atoms with E-state index < -0.39 is 22.5 Å². The van der Waals surface area contributed by atoms with E-state index >= 15 is 0 Å². The van der Waals surface area contributed by atoms with Crippen molar-refractivity contribution >= 4 is 27.8 Å². The van der Waals surface area contributed by atoms with Gasteiger partial charge in [-0.25, -0.2) is 18.2 Å². The van der Waals surface area contributed by atoms with Gasteiger partial charge in [0.1, 0.15) is 18.1 Å². The monoisotopic (exact) mass is 486 g/mol. The highest BCUT2D eigenvalue weighted by atomic mass is 32.2. The van der Waals surface area contributed by atoms with E-state index in [0.29, 0.717) is 23.6 Å². The molecule has 0 aliphatic carbocycles. The van der Waals surface area contributed by atoms with Crippen LogP contribution in [-0.4, -0.2) is 44.5 Å². The van der Waals surface area contributed by atoms with E-state index in [2.05, 4.69) is 10.5 Å². The largest absolute Gasteiger partial charge is 0.492 e. The molecule has 0 saturated heterocycles. The summed E-state index contributed by atoms with van der Waals surface area (Å²) in [7, 11) is -3.77. The highest BCUT2D eigenvalue weighted by Crippen LogP contribution is 2.29. The quantitative estimate of drug-likeness (QED) is 0.370. The smallest absolute Gasteiger partial charge is 0.260 e. The minimum atomic E-state index is -3.77. The van der Waals surface area contributed by atoms with Gasteiger partial charge < -0.3 is 9.30 Å². The first-order valence-corrected chi connectivity index (χ1v) is 12.4. The number of hydrogen-bond acceptors (Lipinski definition) is 5. The van der Waals surface area contributed by atoms with Crippen molar-refractivity contribution in [1.82, 2.24) is 9.99 Å². The second-order valence-electron chi connectivity index (χ2n) is 7.58. The van der Waals surface area contributed by atoms with Crippen LogP contribution in [-0.2, 0) is 14.8 Å². The van der Waals surface area contributed by atoms with Crippen molar-refractivity contribution in [3.63, 3.8) is 0 Å². The zero-order valence-electron chi connectivity index (χ0n) is 19.4. The van der Waals surface area contributed by atoms with Crippen molar-refractivity contribution in [3.05, 3.63) is 77.4 Å². The third-order valence-electron chi connectivity index (χ3n) is 5.08. The molecule has 180 valence electrons. The molecule has 1 amide bonds. The van der Waals surface area contributed by atoms with Gasteiger partial charge in [0, 0.05) is 17.0 Å². The molecule has 10 heteroatoms. The number of hydrazone groups is 1. The number of carbonyl (C=O) groups is 1. The van der Waals surface area contributed by atoms with Crippen LogP contribution in [0.3, 0.4) is 0 Å². The van der Waals surface area contributed by atoms with Gasteiger partial charge in [-0.15, -0.1) is 0 Å².